The summed E-state index contributed by atoms with van der Waals surface area (Å²) in [5.74, 6) is -0.0339. The van der Waals surface area contributed by atoms with Crippen LogP contribution >= 0.6 is 11.8 Å². The van der Waals surface area contributed by atoms with E-state index in [2.05, 4.69) is 22.4 Å². The van der Waals surface area contributed by atoms with Gasteiger partial charge >= 0.3 is 0 Å². The van der Waals surface area contributed by atoms with E-state index in [0.717, 1.165) is 28.1 Å². The third kappa shape index (κ3) is 4.51. The number of benzene rings is 2. The number of rotatable bonds is 6. The van der Waals surface area contributed by atoms with Gasteiger partial charge in [-0.3, -0.25) is 4.79 Å². The number of carbonyl (C=O) groups excluding carboxylic acids is 1. The summed E-state index contributed by atoms with van der Waals surface area (Å²) in [6.45, 7) is 3.25. The number of hydrogen-bond donors (Lipinski definition) is 1. The minimum Gasteiger partial charge on any atom is -0.348 e. The number of amides is 1. The first-order chi connectivity index (χ1) is 12.2. The zero-order chi connectivity index (χ0) is 17.6. The number of nitrogens with zero attached hydrogens (tertiary/aromatic N) is 2. The van der Waals surface area contributed by atoms with Crippen LogP contribution in [-0.2, 0) is 13.1 Å². The summed E-state index contributed by atoms with van der Waals surface area (Å²) in [6.07, 6.45) is 7.53. The number of nitrogens with one attached hydrogen (secondary N) is 1. The fourth-order valence-electron chi connectivity index (χ4n) is 2.68. The van der Waals surface area contributed by atoms with E-state index in [-0.39, 0.29) is 5.91 Å². The molecule has 3 rings (SSSR count). The number of aromatic nitrogens is 2. The molecule has 128 valence electrons. The van der Waals surface area contributed by atoms with Crippen LogP contribution in [0.25, 0.3) is 0 Å². The molecule has 0 unspecified atom stereocenters. The fourth-order valence-corrected chi connectivity index (χ4v) is 3.12. The van der Waals surface area contributed by atoms with Gasteiger partial charge in [0.05, 0.1) is 6.33 Å². The highest BCUT2D eigenvalue weighted by molar-refractivity contribution is 7.98. The number of hydrogen-bond acceptors (Lipinski definition) is 3. The summed E-state index contributed by atoms with van der Waals surface area (Å²) in [6, 6.07) is 14.2. The van der Waals surface area contributed by atoms with Gasteiger partial charge < -0.3 is 9.88 Å². The summed E-state index contributed by atoms with van der Waals surface area (Å²) >= 11 is 1.64. The van der Waals surface area contributed by atoms with Gasteiger partial charge in [0.25, 0.3) is 5.91 Å². The quantitative estimate of drug-likeness (QED) is 0.685. The second-order valence-corrected chi connectivity index (χ2v) is 6.80. The van der Waals surface area contributed by atoms with Gasteiger partial charge in [-0.05, 0) is 42.0 Å². The average molecular weight is 351 g/mol. The van der Waals surface area contributed by atoms with Crippen LogP contribution in [0.1, 0.15) is 27.0 Å². The van der Waals surface area contributed by atoms with E-state index in [9.17, 15) is 4.79 Å². The van der Waals surface area contributed by atoms with E-state index in [4.69, 9.17) is 0 Å². The van der Waals surface area contributed by atoms with Crippen molar-refractivity contribution in [2.24, 2.45) is 0 Å². The van der Waals surface area contributed by atoms with Gasteiger partial charge in [0.2, 0.25) is 0 Å². The SMILES string of the molecule is CSc1ccc(C)c(C(=O)NCc2cccc(Cn3ccnc3)c2)c1. The smallest absolute Gasteiger partial charge is 0.251 e. The van der Waals surface area contributed by atoms with Gasteiger partial charge in [-0.25, -0.2) is 4.98 Å². The lowest BCUT2D eigenvalue weighted by atomic mass is 10.1. The van der Waals surface area contributed by atoms with Crippen molar-refractivity contribution < 1.29 is 4.79 Å². The van der Waals surface area contributed by atoms with Gasteiger partial charge in [0.1, 0.15) is 0 Å². The first-order valence-corrected chi connectivity index (χ1v) is 9.34. The van der Waals surface area contributed by atoms with Gasteiger partial charge in [0, 0.05) is 35.9 Å². The molecule has 0 aliphatic rings. The second-order valence-electron chi connectivity index (χ2n) is 5.92. The third-order valence-electron chi connectivity index (χ3n) is 4.06. The largest absolute Gasteiger partial charge is 0.348 e. The molecule has 0 bridgehead atoms. The van der Waals surface area contributed by atoms with Crippen LogP contribution in [0.5, 0.6) is 0 Å². The molecule has 0 fully saturated rings. The lowest BCUT2D eigenvalue weighted by Crippen LogP contribution is -2.23. The maximum absolute atomic E-state index is 12.5. The van der Waals surface area contributed by atoms with Crippen LogP contribution in [0.4, 0.5) is 0 Å². The molecule has 0 atom stereocenters. The Hall–Kier alpha value is -2.53. The fraction of sp³-hybridized carbons (Fsp3) is 0.200. The van der Waals surface area contributed by atoms with Gasteiger partial charge in [-0.2, -0.15) is 0 Å². The predicted octanol–water partition coefficient (Wildman–Crippen LogP) is 3.89. The van der Waals surface area contributed by atoms with Gasteiger partial charge in [-0.15, -0.1) is 11.8 Å². The Morgan fingerprint density at radius 1 is 1.20 bits per heavy atom. The first kappa shape index (κ1) is 17.3. The highest BCUT2D eigenvalue weighted by Crippen LogP contribution is 2.19. The van der Waals surface area contributed by atoms with Crippen LogP contribution in [0, 0.1) is 6.92 Å². The van der Waals surface area contributed by atoms with Crippen LogP contribution in [0.2, 0.25) is 0 Å². The summed E-state index contributed by atoms with van der Waals surface area (Å²) in [4.78, 5) is 17.7. The molecule has 0 radical (unpaired) electrons. The first-order valence-electron chi connectivity index (χ1n) is 8.12. The van der Waals surface area contributed by atoms with Crippen LogP contribution in [-0.4, -0.2) is 21.7 Å². The molecule has 5 heteroatoms. The molecular formula is C20H21N3OS. The zero-order valence-electron chi connectivity index (χ0n) is 14.4. The number of thioether (sulfide) groups is 1. The second kappa shape index (κ2) is 8.03. The minimum atomic E-state index is -0.0339. The van der Waals surface area contributed by atoms with E-state index in [1.54, 1.807) is 24.3 Å². The number of carbonyl (C=O) groups is 1. The van der Waals surface area contributed by atoms with Crippen molar-refractivity contribution in [2.45, 2.75) is 24.9 Å². The molecule has 0 aliphatic heterocycles. The highest BCUT2D eigenvalue weighted by Gasteiger charge is 2.10. The lowest BCUT2D eigenvalue weighted by Gasteiger charge is -2.10. The maximum atomic E-state index is 12.5. The molecule has 0 saturated heterocycles. The van der Waals surface area contributed by atoms with E-state index < -0.39 is 0 Å². The average Bonchev–Trinajstić information content (AvgIpc) is 3.13. The zero-order valence-corrected chi connectivity index (χ0v) is 15.2. The highest BCUT2D eigenvalue weighted by atomic mass is 32.2. The third-order valence-corrected chi connectivity index (χ3v) is 4.78. The lowest BCUT2D eigenvalue weighted by molar-refractivity contribution is 0.0950. The molecule has 1 amide bonds. The molecule has 3 aromatic rings. The molecule has 2 aromatic carbocycles. The molecular weight excluding hydrogens is 330 g/mol. The van der Waals surface area contributed by atoms with Crippen LogP contribution in [0.3, 0.4) is 0 Å². The number of aryl methyl sites for hydroxylation is 1. The van der Waals surface area contributed by atoms with Crippen LogP contribution < -0.4 is 5.32 Å². The van der Waals surface area contributed by atoms with E-state index >= 15 is 0 Å². The molecule has 0 saturated carbocycles. The number of imidazole rings is 1. The standard InChI is InChI=1S/C20H21N3OS/c1-15-6-7-18(25-2)11-19(15)20(24)22-12-16-4-3-5-17(10-16)13-23-9-8-21-14-23/h3-11,14H,12-13H2,1-2H3,(H,22,24). The monoisotopic (exact) mass is 351 g/mol. The van der Waals surface area contributed by atoms with Crippen molar-refractivity contribution in [1.29, 1.82) is 0 Å². The summed E-state index contributed by atoms with van der Waals surface area (Å²) in [7, 11) is 0. The molecule has 1 aromatic heterocycles. The van der Waals surface area contributed by atoms with Crippen molar-refractivity contribution in [3.05, 3.63) is 83.4 Å². The minimum absolute atomic E-state index is 0.0339. The van der Waals surface area contributed by atoms with Gasteiger partial charge in [-0.1, -0.05) is 30.3 Å². The molecule has 1 heterocycles. The van der Waals surface area contributed by atoms with Crippen molar-refractivity contribution in [2.75, 3.05) is 6.26 Å². The molecule has 0 spiro atoms. The topological polar surface area (TPSA) is 46.9 Å². The Labute approximate surface area is 152 Å². The Bertz CT molecular complexity index is 859. The maximum Gasteiger partial charge on any atom is 0.251 e. The summed E-state index contributed by atoms with van der Waals surface area (Å²) in [5, 5.41) is 3.03. The molecule has 1 N–H and O–H groups in total. The molecule has 0 aliphatic carbocycles. The molecule has 4 nitrogen and oxygen atoms in total. The van der Waals surface area contributed by atoms with Crippen LogP contribution in [0.15, 0.2) is 66.1 Å². The van der Waals surface area contributed by atoms with E-state index in [0.29, 0.717) is 6.54 Å². The van der Waals surface area contributed by atoms with E-state index in [1.165, 1.54) is 5.56 Å². The molecule has 25 heavy (non-hydrogen) atoms. The summed E-state index contributed by atoms with van der Waals surface area (Å²) < 4.78 is 2.02. The summed E-state index contributed by atoms with van der Waals surface area (Å²) in [5.41, 5.74) is 4.00. The Morgan fingerprint density at radius 3 is 2.80 bits per heavy atom. The normalized spacial score (nSPS) is 10.6. The van der Waals surface area contributed by atoms with Crippen molar-refractivity contribution >= 4 is 17.7 Å². The van der Waals surface area contributed by atoms with Crippen molar-refractivity contribution in [3.8, 4) is 0 Å². The van der Waals surface area contributed by atoms with Crippen molar-refractivity contribution in [3.63, 3.8) is 0 Å². The Morgan fingerprint density at radius 2 is 2.04 bits per heavy atom. The van der Waals surface area contributed by atoms with Crippen molar-refractivity contribution in [1.82, 2.24) is 14.9 Å². The van der Waals surface area contributed by atoms with E-state index in [1.807, 2.05) is 54.3 Å². The Balaban J connectivity index is 1.66. The van der Waals surface area contributed by atoms with Gasteiger partial charge in [0.15, 0.2) is 0 Å². The Kier molecular flexibility index (Phi) is 5.56. The predicted molar refractivity (Wildman–Crippen MR) is 102 cm³/mol.